The third kappa shape index (κ3) is 3.64. The standard InChI is InChI=1S/C22H21N3O3S/c1-27-17-8-6-16(7-9-17)24-13-25-21(26)11-19(20(12-23)22(25)29-14-24)15-4-3-5-18(10-15)28-2/h3-10,19H,11,13-14H2,1-2H3. The maximum absolute atomic E-state index is 13.0. The molecule has 2 aliphatic heterocycles. The van der Waals surface area contributed by atoms with Crippen molar-refractivity contribution in [3.63, 3.8) is 0 Å². The van der Waals surface area contributed by atoms with E-state index in [0.717, 1.165) is 27.8 Å². The van der Waals surface area contributed by atoms with Crippen LogP contribution in [0.25, 0.3) is 0 Å². The minimum absolute atomic E-state index is 0.0255. The topological polar surface area (TPSA) is 65.8 Å². The molecule has 148 valence electrons. The van der Waals surface area contributed by atoms with Gasteiger partial charge < -0.3 is 14.4 Å². The molecule has 2 aromatic rings. The highest BCUT2D eigenvalue weighted by Gasteiger charge is 2.38. The predicted molar refractivity (Wildman–Crippen MR) is 113 cm³/mol. The van der Waals surface area contributed by atoms with Crippen LogP contribution in [0.15, 0.2) is 59.1 Å². The van der Waals surface area contributed by atoms with E-state index in [-0.39, 0.29) is 18.2 Å². The number of carbonyl (C=O) groups excluding carboxylic acids is 1. The molecule has 1 fully saturated rings. The summed E-state index contributed by atoms with van der Waals surface area (Å²) in [6.45, 7) is 0.434. The van der Waals surface area contributed by atoms with Crippen molar-refractivity contribution in [3.05, 3.63) is 64.7 Å². The number of fused-ring (bicyclic) bond motifs is 1. The van der Waals surface area contributed by atoms with Gasteiger partial charge in [0.2, 0.25) is 5.91 Å². The average molecular weight is 407 g/mol. The number of nitriles is 1. The van der Waals surface area contributed by atoms with E-state index < -0.39 is 0 Å². The Bertz CT molecular complexity index is 997. The molecule has 1 saturated heterocycles. The maximum Gasteiger partial charge on any atom is 0.229 e. The number of rotatable bonds is 4. The Morgan fingerprint density at radius 2 is 1.86 bits per heavy atom. The van der Waals surface area contributed by atoms with Gasteiger partial charge in [-0.3, -0.25) is 9.69 Å². The van der Waals surface area contributed by atoms with Crippen molar-refractivity contribution in [2.75, 3.05) is 31.7 Å². The molecule has 0 spiro atoms. The number of carbonyl (C=O) groups is 1. The fourth-order valence-corrected chi connectivity index (χ4v) is 4.83. The smallest absolute Gasteiger partial charge is 0.229 e. The summed E-state index contributed by atoms with van der Waals surface area (Å²) in [6, 6.07) is 17.7. The molecule has 29 heavy (non-hydrogen) atoms. The number of anilines is 1. The van der Waals surface area contributed by atoms with Crippen molar-refractivity contribution in [3.8, 4) is 17.6 Å². The van der Waals surface area contributed by atoms with Gasteiger partial charge in [-0.15, -0.1) is 0 Å². The summed E-state index contributed by atoms with van der Waals surface area (Å²) < 4.78 is 10.5. The van der Waals surface area contributed by atoms with Gasteiger partial charge in [-0.25, -0.2) is 0 Å². The summed E-state index contributed by atoms with van der Waals surface area (Å²) in [6.07, 6.45) is 0.274. The fourth-order valence-electron chi connectivity index (χ4n) is 3.66. The van der Waals surface area contributed by atoms with Crippen LogP contribution in [0.5, 0.6) is 11.5 Å². The lowest BCUT2D eigenvalue weighted by Gasteiger charge is -2.42. The van der Waals surface area contributed by atoms with Crippen LogP contribution in [0.3, 0.4) is 0 Å². The molecule has 6 nitrogen and oxygen atoms in total. The number of hydrogen-bond donors (Lipinski definition) is 0. The Morgan fingerprint density at radius 3 is 2.55 bits per heavy atom. The van der Waals surface area contributed by atoms with E-state index in [4.69, 9.17) is 9.47 Å². The summed E-state index contributed by atoms with van der Waals surface area (Å²) in [5, 5.41) is 10.7. The van der Waals surface area contributed by atoms with Gasteiger partial charge in [0.1, 0.15) is 11.5 Å². The third-order valence-corrected chi connectivity index (χ3v) is 6.38. The first kappa shape index (κ1) is 19.2. The van der Waals surface area contributed by atoms with E-state index in [1.54, 1.807) is 19.1 Å². The number of methoxy groups -OCH3 is 2. The van der Waals surface area contributed by atoms with Crippen LogP contribution in [0.2, 0.25) is 0 Å². The minimum Gasteiger partial charge on any atom is -0.497 e. The summed E-state index contributed by atoms with van der Waals surface area (Å²) in [5.41, 5.74) is 2.59. The maximum atomic E-state index is 13.0. The quantitative estimate of drug-likeness (QED) is 0.765. The molecule has 4 rings (SSSR count). The molecule has 2 aliphatic rings. The second-order valence-corrected chi connectivity index (χ2v) is 7.77. The average Bonchev–Trinajstić information content (AvgIpc) is 2.79. The van der Waals surface area contributed by atoms with Crippen LogP contribution >= 0.6 is 11.8 Å². The van der Waals surface area contributed by atoms with Crippen LogP contribution in [0.1, 0.15) is 17.9 Å². The monoisotopic (exact) mass is 407 g/mol. The SMILES string of the molecule is COc1ccc(N2CSC3=C(C#N)C(c4cccc(OC)c4)CC(=O)N3C2)cc1. The first-order valence-electron chi connectivity index (χ1n) is 9.25. The zero-order valence-electron chi connectivity index (χ0n) is 16.3. The number of ether oxygens (including phenoxy) is 2. The lowest BCUT2D eigenvalue weighted by atomic mass is 9.86. The molecular formula is C22H21N3O3S. The molecule has 1 atom stereocenters. The number of nitrogens with zero attached hydrogens (tertiary/aromatic N) is 3. The van der Waals surface area contributed by atoms with Gasteiger partial charge in [-0.2, -0.15) is 5.26 Å². The van der Waals surface area contributed by atoms with E-state index in [2.05, 4.69) is 11.0 Å². The zero-order chi connectivity index (χ0) is 20.4. The van der Waals surface area contributed by atoms with Crippen molar-refractivity contribution in [1.29, 1.82) is 5.26 Å². The second-order valence-electron chi connectivity index (χ2n) is 6.84. The Balaban J connectivity index is 1.63. The van der Waals surface area contributed by atoms with Gasteiger partial charge in [0, 0.05) is 18.0 Å². The third-order valence-electron chi connectivity index (χ3n) is 5.23. The molecule has 0 bridgehead atoms. The van der Waals surface area contributed by atoms with E-state index in [9.17, 15) is 10.1 Å². The van der Waals surface area contributed by atoms with Gasteiger partial charge >= 0.3 is 0 Å². The summed E-state index contributed by atoms with van der Waals surface area (Å²) in [5.74, 6) is 1.97. The van der Waals surface area contributed by atoms with Gasteiger partial charge in [0.05, 0.1) is 43.4 Å². The normalized spacial score (nSPS) is 18.9. The lowest BCUT2D eigenvalue weighted by Crippen LogP contribution is -2.47. The molecule has 0 saturated carbocycles. The van der Waals surface area contributed by atoms with E-state index in [0.29, 0.717) is 18.1 Å². The molecule has 1 amide bonds. The Kier molecular flexibility index (Phi) is 5.36. The van der Waals surface area contributed by atoms with Crippen molar-refractivity contribution in [1.82, 2.24) is 4.90 Å². The number of amides is 1. The molecule has 1 unspecified atom stereocenters. The zero-order valence-corrected chi connectivity index (χ0v) is 17.1. The van der Waals surface area contributed by atoms with Crippen molar-refractivity contribution in [2.24, 2.45) is 0 Å². The second kappa shape index (κ2) is 8.10. The van der Waals surface area contributed by atoms with Crippen molar-refractivity contribution >= 4 is 23.4 Å². The molecule has 7 heteroatoms. The number of benzene rings is 2. The molecular weight excluding hydrogens is 386 g/mol. The first-order chi connectivity index (χ1) is 14.1. The van der Waals surface area contributed by atoms with Crippen LogP contribution in [0.4, 0.5) is 5.69 Å². The lowest BCUT2D eigenvalue weighted by molar-refractivity contribution is -0.129. The van der Waals surface area contributed by atoms with Gasteiger partial charge in [-0.05, 0) is 42.0 Å². The molecule has 0 N–H and O–H groups in total. The summed E-state index contributed by atoms with van der Waals surface area (Å²) in [7, 11) is 3.25. The Morgan fingerprint density at radius 1 is 1.10 bits per heavy atom. The molecule has 0 aromatic heterocycles. The Hall–Kier alpha value is -3.11. The van der Waals surface area contributed by atoms with Crippen molar-refractivity contribution < 1.29 is 14.3 Å². The molecule has 0 aliphatic carbocycles. The highest BCUT2D eigenvalue weighted by Crippen LogP contribution is 2.43. The molecule has 0 radical (unpaired) electrons. The van der Waals surface area contributed by atoms with E-state index >= 15 is 0 Å². The van der Waals surface area contributed by atoms with E-state index in [1.807, 2.05) is 48.5 Å². The van der Waals surface area contributed by atoms with Crippen LogP contribution < -0.4 is 14.4 Å². The summed E-state index contributed by atoms with van der Waals surface area (Å²) >= 11 is 1.53. The van der Waals surface area contributed by atoms with Crippen LogP contribution in [-0.4, -0.2) is 37.6 Å². The van der Waals surface area contributed by atoms with Crippen molar-refractivity contribution in [2.45, 2.75) is 12.3 Å². The first-order valence-corrected chi connectivity index (χ1v) is 10.2. The highest BCUT2D eigenvalue weighted by atomic mass is 32.2. The molecule has 2 aromatic carbocycles. The minimum atomic E-state index is -0.242. The number of thioether (sulfide) groups is 1. The predicted octanol–water partition coefficient (Wildman–Crippen LogP) is 3.92. The van der Waals surface area contributed by atoms with Crippen LogP contribution in [-0.2, 0) is 4.79 Å². The largest absolute Gasteiger partial charge is 0.497 e. The van der Waals surface area contributed by atoms with Gasteiger partial charge in [0.25, 0.3) is 0 Å². The Labute approximate surface area is 174 Å². The van der Waals surface area contributed by atoms with E-state index in [1.165, 1.54) is 11.8 Å². The van der Waals surface area contributed by atoms with Gasteiger partial charge in [0.15, 0.2) is 0 Å². The molecule has 2 heterocycles. The number of hydrogen-bond acceptors (Lipinski definition) is 6. The number of allylic oxidation sites excluding steroid dienone is 1. The fraction of sp³-hybridized carbons (Fsp3) is 0.273. The van der Waals surface area contributed by atoms with Gasteiger partial charge in [-0.1, -0.05) is 23.9 Å². The highest BCUT2D eigenvalue weighted by molar-refractivity contribution is 8.03. The summed E-state index contributed by atoms with van der Waals surface area (Å²) in [4.78, 5) is 16.8. The van der Waals surface area contributed by atoms with Crippen LogP contribution in [0, 0.1) is 11.3 Å².